The van der Waals surface area contributed by atoms with E-state index >= 15 is 0 Å². The monoisotopic (exact) mass is 447 g/mol. The molecule has 0 unspecified atom stereocenters. The molecule has 4 rings (SSSR count). The molecule has 1 spiro atoms. The molecule has 2 atom stereocenters. The van der Waals surface area contributed by atoms with E-state index < -0.39 is 0 Å². The first-order valence-corrected chi connectivity index (χ1v) is 12.4. The van der Waals surface area contributed by atoms with Crippen molar-refractivity contribution in [3.63, 3.8) is 0 Å². The predicted octanol–water partition coefficient (Wildman–Crippen LogP) is 2.25. The molecule has 172 valence electrons. The van der Waals surface area contributed by atoms with Gasteiger partial charge >= 0.3 is 0 Å². The number of hydrogen-bond acceptors (Lipinski definition) is 6. The van der Waals surface area contributed by atoms with Gasteiger partial charge in [-0.15, -0.1) is 11.3 Å². The minimum absolute atomic E-state index is 0.0456. The maximum Gasteiger partial charge on any atom is 0.243 e. The van der Waals surface area contributed by atoms with E-state index in [1.54, 1.807) is 11.3 Å². The van der Waals surface area contributed by atoms with E-state index in [9.17, 15) is 9.59 Å². The molecule has 3 saturated heterocycles. The number of likely N-dealkylation sites (N-methyl/N-ethyl adjacent to an activating group) is 1. The van der Waals surface area contributed by atoms with Crippen LogP contribution >= 0.6 is 11.3 Å². The Morgan fingerprint density at radius 2 is 2.00 bits per heavy atom. The molecule has 0 bridgehead atoms. The minimum Gasteiger partial charge on any atom is -0.348 e. The number of rotatable bonds is 4. The quantitative estimate of drug-likeness (QED) is 0.767. The van der Waals surface area contributed by atoms with E-state index in [0.717, 1.165) is 51.1 Å². The summed E-state index contributed by atoms with van der Waals surface area (Å²) in [5.41, 5.74) is 2.82. The molecule has 8 heteroatoms. The number of amides is 2. The van der Waals surface area contributed by atoms with Crippen LogP contribution in [0.25, 0.3) is 0 Å². The number of likely N-dealkylation sites (tertiary alicyclic amines) is 1. The highest BCUT2D eigenvalue weighted by Gasteiger charge is 2.49. The van der Waals surface area contributed by atoms with Gasteiger partial charge in [0.1, 0.15) is 6.04 Å². The van der Waals surface area contributed by atoms with Crippen molar-refractivity contribution in [2.75, 3.05) is 33.2 Å². The van der Waals surface area contributed by atoms with Crippen LogP contribution < -0.4 is 5.32 Å². The molecule has 1 N–H and O–H groups in total. The Bertz CT molecular complexity index is 796. The van der Waals surface area contributed by atoms with Crippen LogP contribution in [0.2, 0.25) is 0 Å². The van der Waals surface area contributed by atoms with Gasteiger partial charge in [0.15, 0.2) is 0 Å². The molecule has 4 heterocycles. The maximum atomic E-state index is 13.2. The van der Waals surface area contributed by atoms with Crippen LogP contribution in [0.5, 0.6) is 0 Å². The van der Waals surface area contributed by atoms with Crippen molar-refractivity contribution in [2.24, 2.45) is 5.41 Å². The van der Waals surface area contributed by atoms with E-state index in [0.29, 0.717) is 13.0 Å². The summed E-state index contributed by atoms with van der Waals surface area (Å²) in [7, 11) is 2.12. The molecule has 31 heavy (non-hydrogen) atoms. The SMILES string of the molecule is Cc1ncsc1CN1CCC2(CC1)CC(=O)N1C[C@@H](N(C)CC(C)(C)C)C[C@H]1C(=O)N2. The number of fused-ring (bicyclic) bond motifs is 1. The van der Waals surface area contributed by atoms with Gasteiger partial charge in [0.2, 0.25) is 11.8 Å². The zero-order chi connectivity index (χ0) is 22.4. The molecule has 3 aliphatic rings. The molecule has 0 aromatic carbocycles. The van der Waals surface area contributed by atoms with Gasteiger partial charge in [0.05, 0.1) is 23.2 Å². The Kier molecular flexibility index (Phi) is 6.18. The van der Waals surface area contributed by atoms with Gasteiger partial charge in [-0.2, -0.15) is 0 Å². The lowest BCUT2D eigenvalue weighted by Crippen LogP contribution is -2.56. The fourth-order valence-corrected chi connectivity index (χ4v) is 6.25. The third-order valence-electron chi connectivity index (χ3n) is 7.15. The molecule has 7 nitrogen and oxygen atoms in total. The highest BCUT2D eigenvalue weighted by molar-refractivity contribution is 7.09. The minimum atomic E-state index is -0.384. The van der Waals surface area contributed by atoms with Crippen molar-refractivity contribution in [3.05, 3.63) is 16.1 Å². The van der Waals surface area contributed by atoms with Gasteiger partial charge in [-0.25, -0.2) is 4.98 Å². The Balaban J connectivity index is 1.38. The van der Waals surface area contributed by atoms with E-state index in [1.807, 2.05) is 10.4 Å². The summed E-state index contributed by atoms with van der Waals surface area (Å²) in [6, 6.07) is -0.0744. The second-order valence-electron chi connectivity index (χ2n) is 11.0. The highest BCUT2D eigenvalue weighted by atomic mass is 32.1. The van der Waals surface area contributed by atoms with Crippen LogP contribution in [0.4, 0.5) is 0 Å². The third-order valence-corrected chi connectivity index (χ3v) is 8.07. The molecular weight excluding hydrogens is 410 g/mol. The predicted molar refractivity (Wildman–Crippen MR) is 123 cm³/mol. The lowest BCUT2D eigenvalue weighted by molar-refractivity contribution is -0.135. The van der Waals surface area contributed by atoms with Crippen LogP contribution in [0, 0.1) is 12.3 Å². The molecule has 0 aliphatic carbocycles. The van der Waals surface area contributed by atoms with E-state index in [4.69, 9.17) is 0 Å². The summed E-state index contributed by atoms with van der Waals surface area (Å²) in [6.45, 7) is 13.0. The number of hydrogen-bond donors (Lipinski definition) is 1. The number of thiazole rings is 1. The zero-order valence-electron chi connectivity index (χ0n) is 19.6. The van der Waals surface area contributed by atoms with Crippen LogP contribution in [0.1, 0.15) is 57.0 Å². The summed E-state index contributed by atoms with van der Waals surface area (Å²) in [4.78, 5) is 38.7. The molecule has 2 amide bonds. The highest BCUT2D eigenvalue weighted by Crippen LogP contribution is 2.34. The molecule has 3 fully saturated rings. The fourth-order valence-electron chi connectivity index (χ4n) is 5.44. The van der Waals surface area contributed by atoms with Crippen molar-refractivity contribution in [3.8, 4) is 0 Å². The smallest absolute Gasteiger partial charge is 0.243 e. The number of aryl methyl sites for hydroxylation is 1. The standard InChI is InChI=1S/C23H37N5O2S/c1-16-19(31-15-24-16)13-27-8-6-23(7-9-27)11-20(29)28-12-17(10-18(28)21(30)25-23)26(5)14-22(2,3)4/h15,17-18H,6-14H2,1-5H3,(H,25,30)/t17-,18-/m0/s1. The van der Waals surface area contributed by atoms with Crippen LogP contribution in [0.15, 0.2) is 5.51 Å². The molecule has 1 aromatic rings. The Morgan fingerprint density at radius 3 is 2.61 bits per heavy atom. The van der Waals surface area contributed by atoms with Gasteiger partial charge < -0.3 is 15.1 Å². The largest absolute Gasteiger partial charge is 0.348 e. The Hall–Kier alpha value is -1.51. The number of nitrogens with zero attached hydrogens (tertiary/aromatic N) is 4. The number of piperidine rings is 1. The van der Waals surface area contributed by atoms with Crippen molar-refractivity contribution in [2.45, 2.75) is 77.5 Å². The van der Waals surface area contributed by atoms with Crippen molar-refractivity contribution < 1.29 is 9.59 Å². The Morgan fingerprint density at radius 1 is 1.29 bits per heavy atom. The average molecular weight is 448 g/mol. The van der Waals surface area contributed by atoms with Gasteiger partial charge in [-0.3, -0.25) is 14.5 Å². The van der Waals surface area contributed by atoms with Gasteiger partial charge in [-0.05, 0) is 38.6 Å². The summed E-state index contributed by atoms with van der Waals surface area (Å²) in [5, 5.41) is 3.34. The summed E-state index contributed by atoms with van der Waals surface area (Å²) in [5.74, 6) is 0.186. The molecular formula is C23H37N5O2S. The second kappa shape index (κ2) is 8.45. The molecule has 1 aromatic heterocycles. The first-order valence-electron chi connectivity index (χ1n) is 11.5. The number of aromatic nitrogens is 1. The van der Waals surface area contributed by atoms with Gasteiger partial charge in [0.25, 0.3) is 0 Å². The molecule has 0 saturated carbocycles. The van der Waals surface area contributed by atoms with Crippen LogP contribution in [-0.4, -0.2) is 82.3 Å². The van der Waals surface area contributed by atoms with Crippen molar-refractivity contribution in [1.82, 2.24) is 25.0 Å². The van der Waals surface area contributed by atoms with Crippen LogP contribution in [0.3, 0.4) is 0 Å². The maximum absolute atomic E-state index is 13.2. The number of nitrogens with one attached hydrogen (secondary N) is 1. The lowest BCUT2D eigenvalue weighted by Gasteiger charge is -2.41. The average Bonchev–Trinajstić information content (AvgIpc) is 3.27. The number of carbonyl (C=O) groups excluding carboxylic acids is 2. The van der Waals surface area contributed by atoms with E-state index in [-0.39, 0.29) is 34.9 Å². The lowest BCUT2D eigenvalue weighted by atomic mass is 9.84. The summed E-state index contributed by atoms with van der Waals surface area (Å²) in [6.07, 6.45) is 2.82. The van der Waals surface area contributed by atoms with Crippen molar-refractivity contribution in [1.29, 1.82) is 0 Å². The topological polar surface area (TPSA) is 68.8 Å². The van der Waals surface area contributed by atoms with Crippen LogP contribution in [-0.2, 0) is 16.1 Å². The number of carbonyl (C=O) groups is 2. The zero-order valence-corrected chi connectivity index (χ0v) is 20.4. The second-order valence-corrected chi connectivity index (χ2v) is 11.9. The molecule has 0 radical (unpaired) electrons. The first-order chi connectivity index (χ1) is 14.6. The Labute approximate surface area is 190 Å². The van der Waals surface area contributed by atoms with E-state index in [1.165, 1.54) is 4.88 Å². The molecule has 3 aliphatic heterocycles. The van der Waals surface area contributed by atoms with Crippen molar-refractivity contribution >= 4 is 23.2 Å². The van der Waals surface area contributed by atoms with Gasteiger partial charge in [-0.1, -0.05) is 20.8 Å². The van der Waals surface area contributed by atoms with Gasteiger partial charge in [0, 0.05) is 43.6 Å². The third kappa shape index (κ3) is 4.96. The normalized spacial score (nSPS) is 27.0. The fraction of sp³-hybridized carbons (Fsp3) is 0.783. The first kappa shape index (κ1) is 22.7. The van der Waals surface area contributed by atoms with E-state index in [2.05, 4.69) is 54.8 Å². The summed E-state index contributed by atoms with van der Waals surface area (Å²) < 4.78 is 0. The summed E-state index contributed by atoms with van der Waals surface area (Å²) >= 11 is 1.70.